The highest BCUT2D eigenvalue weighted by atomic mass is 16.2. The van der Waals surface area contributed by atoms with E-state index in [0.29, 0.717) is 22.9 Å². The Labute approximate surface area is 178 Å². The van der Waals surface area contributed by atoms with Gasteiger partial charge in [0.05, 0.1) is 11.3 Å². The minimum absolute atomic E-state index is 0.221. The number of hydrogen-bond acceptors (Lipinski definition) is 4. The first-order valence-corrected chi connectivity index (χ1v) is 10.6. The number of hydrogen-bond donors (Lipinski definition) is 0. The van der Waals surface area contributed by atoms with Gasteiger partial charge in [-0.15, -0.1) is 0 Å². The smallest absolute Gasteiger partial charge is 0.282 e. The molecule has 2 aromatic carbocycles. The quantitative estimate of drug-likeness (QED) is 0.722. The number of aryl methyl sites for hydroxylation is 1. The first-order valence-electron chi connectivity index (χ1n) is 10.6. The number of carbonyl (C=O) groups excluding carboxylic acids is 2. The Hall–Kier alpha value is -3.08. The van der Waals surface area contributed by atoms with Crippen molar-refractivity contribution >= 4 is 28.8 Å². The van der Waals surface area contributed by atoms with Gasteiger partial charge in [0.15, 0.2) is 0 Å². The van der Waals surface area contributed by atoms with Crippen LogP contribution in [0.1, 0.15) is 30.9 Å². The molecule has 1 saturated heterocycles. The third-order valence-electron chi connectivity index (χ3n) is 6.10. The Bertz CT molecular complexity index is 999. The number of piperidine rings is 1. The molecule has 0 N–H and O–H groups in total. The summed E-state index contributed by atoms with van der Waals surface area (Å²) in [5.74, 6) is 0.180. The molecule has 0 unspecified atom stereocenters. The number of amides is 2. The van der Waals surface area contributed by atoms with Crippen molar-refractivity contribution in [2.45, 2.75) is 26.7 Å². The standard InChI is InChI=1S/C25H29N3O2/c1-17-8-10-19(11-9-17)22-23(27-14-12-18(2)13-15-27)25(30)28(24(22)29)21-7-5-6-20(16-21)26(3)4/h5-11,16,18H,12-15H2,1-4H3. The predicted molar refractivity (Wildman–Crippen MR) is 121 cm³/mol. The molecule has 5 heteroatoms. The van der Waals surface area contributed by atoms with Gasteiger partial charge in [-0.25, -0.2) is 4.90 Å². The molecule has 4 rings (SSSR count). The SMILES string of the molecule is Cc1ccc(C2=C(N3CCC(C)CC3)C(=O)N(c3cccc(N(C)C)c3)C2=O)cc1. The average molecular weight is 404 g/mol. The fourth-order valence-corrected chi connectivity index (χ4v) is 4.17. The average Bonchev–Trinajstić information content (AvgIpc) is 2.99. The molecule has 0 radical (unpaired) electrons. The minimum atomic E-state index is -0.242. The maximum atomic E-state index is 13.6. The summed E-state index contributed by atoms with van der Waals surface area (Å²) in [7, 11) is 3.89. The number of carbonyl (C=O) groups is 2. The van der Waals surface area contributed by atoms with E-state index in [0.717, 1.165) is 42.7 Å². The first kappa shape index (κ1) is 20.2. The van der Waals surface area contributed by atoms with Crippen molar-refractivity contribution in [2.75, 3.05) is 37.0 Å². The fourth-order valence-electron chi connectivity index (χ4n) is 4.17. The van der Waals surface area contributed by atoms with Crippen LogP contribution in [0.2, 0.25) is 0 Å². The monoisotopic (exact) mass is 403 g/mol. The van der Waals surface area contributed by atoms with Crippen LogP contribution in [0.3, 0.4) is 0 Å². The van der Waals surface area contributed by atoms with Crippen LogP contribution in [0.15, 0.2) is 54.2 Å². The van der Waals surface area contributed by atoms with Gasteiger partial charge in [0, 0.05) is 32.9 Å². The lowest BCUT2D eigenvalue weighted by Crippen LogP contribution is -2.38. The van der Waals surface area contributed by atoms with E-state index in [2.05, 4.69) is 11.8 Å². The lowest BCUT2D eigenvalue weighted by molar-refractivity contribution is -0.120. The Morgan fingerprint density at radius 2 is 1.60 bits per heavy atom. The van der Waals surface area contributed by atoms with Gasteiger partial charge in [0.2, 0.25) is 0 Å². The maximum Gasteiger partial charge on any atom is 0.282 e. The third kappa shape index (κ3) is 3.60. The van der Waals surface area contributed by atoms with E-state index in [-0.39, 0.29) is 11.8 Å². The third-order valence-corrected chi connectivity index (χ3v) is 6.10. The van der Waals surface area contributed by atoms with E-state index in [1.165, 1.54) is 4.90 Å². The van der Waals surface area contributed by atoms with Crippen molar-refractivity contribution in [2.24, 2.45) is 5.92 Å². The Morgan fingerprint density at radius 1 is 0.933 bits per heavy atom. The van der Waals surface area contributed by atoms with Crippen molar-refractivity contribution in [3.63, 3.8) is 0 Å². The molecule has 1 fully saturated rings. The molecular weight excluding hydrogens is 374 g/mol. The van der Waals surface area contributed by atoms with Gasteiger partial charge in [-0.05, 0) is 49.4 Å². The summed E-state index contributed by atoms with van der Waals surface area (Å²) in [6.07, 6.45) is 2.06. The van der Waals surface area contributed by atoms with E-state index in [9.17, 15) is 9.59 Å². The van der Waals surface area contributed by atoms with Gasteiger partial charge in [-0.3, -0.25) is 9.59 Å². The molecule has 2 heterocycles. The van der Waals surface area contributed by atoms with Crippen LogP contribution >= 0.6 is 0 Å². The molecule has 5 nitrogen and oxygen atoms in total. The summed E-state index contributed by atoms with van der Waals surface area (Å²) >= 11 is 0. The number of nitrogens with zero attached hydrogens (tertiary/aromatic N) is 3. The second kappa shape index (κ2) is 7.98. The van der Waals surface area contributed by atoms with Gasteiger partial charge in [-0.2, -0.15) is 0 Å². The van der Waals surface area contributed by atoms with E-state index >= 15 is 0 Å². The topological polar surface area (TPSA) is 43.9 Å². The van der Waals surface area contributed by atoms with E-state index in [1.54, 1.807) is 0 Å². The summed E-state index contributed by atoms with van der Waals surface area (Å²) in [4.78, 5) is 32.7. The largest absolute Gasteiger partial charge is 0.378 e. The first-order chi connectivity index (χ1) is 14.4. The summed E-state index contributed by atoms with van der Waals surface area (Å²) < 4.78 is 0. The van der Waals surface area contributed by atoms with Crippen LogP contribution in [0.5, 0.6) is 0 Å². The molecule has 0 atom stereocenters. The highest BCUT2D eigenvalue weighted by molar-refractivity contribution is 6.45. The van der Waals surface area contributed by atoms with Crippen molar-refractivity contribution < 1.29 is 9.59 Å². The summed E-state index contributed by atoms with van der Waals surface area (Å²) in [6, 6.07) is 15.5. The molecule has 0 spiro atoms. The Kier molecular flexibility index (Phi) is 5.37. The molecule has 0 aliphatic carbocycles. The normalized spacial score (nSPS) is 17.9. The Balaban J connectivity index is 1.79. The molecule has 0 aromatic heterocycles. The second-order valence-electron chi connectivity index (χ2n) is 8.62. The van der Waals surface area contributed by atoms with Crippen LogP contribution in [0.25, 0.3) is 5.57 Å². The molecule has 0 bridgehead atoms. The lowest BCUT2D eigenvalue weighted by Gasteiger charge is -2.32. The van der Waals surface area contributed by atoms with Gasteiger partial charge in [0.25, 0.3) is 11.8 Å². The van der Waals surface area contributed by atoms with Crippen LogP contribution in [-0.2, 0) is 9.59 Å². The second-order valence-corrected chi connectivity index (χ2v) is 8.62. The zero-order valence-electron chi connectivity index (χ0n) is 18.2. The zero-order valence-corrected chi connectivity index (χ0v) is 18.2. The predicted octanol–water partition coefficient (Wildman–Crippen LogP) is 4.08. The summed E-state index contributed by atoms with van der Waals surface area (Å²) in [5, 5.41) is 0. The maximum absolute atomic E-state index is 13.6. The molecule has 156 valence electrons. The number of likely N-dealkylation sites (tertiary alicyclic amines) is 1. The Morgan fingerprint density at radius 3 is 2.23 bits per heavy atom. The summed E-state index contributed by atoms with van der Waals surface area (Å²) in [6.45, 7) is 5.87. The van der Waals surface area contributed by atoms with Crippen molar-refractivity contribution in [1.29, 1.82) is 0 Å². The van der Waals surface area contributed by atoms with Crippen LogP contribution < -0.4 is 9.80 Å². The molecule has 2 amide bonds. The lowest BCUT2D eigenvalue weighted by atomic mass is 9.97. The highest BCUT2D eigenvalue weighted by Gasteiger charge is 2.43. The van der Waals surface area contributed by atoms with Crippen LogP contribution in [0.4, 0.5) is 11.4 Å². The van der Waals surface area contributed by atoms with Gasteiger partial charge >= 0.3 is 0 Å². The van der Waals surface area contributed by atoms with Gasteiger partial charge < -0.3 is 9.80 Å². The number of anilines is 2. The van der Waals surface area contributed by atoms with E-state index < -0.39 is 0 Å². The highest BCUT2D eigenvalue weighted by Crippen LogP contribution is 2.37. The fraction of sp³-hybridized carbons (Fsp3) is 0.360. The minimum Gasteiger partial charge on any atom is -0.378 e. The van der Waals surface area contributed by atoms with Gasteiger partial charge in [-0.1, -0.05) is 42.8 Å². The van der Waals surface area contributed by atoms with E-state index in [1.807, 2.05) is 74.4 Å². The molecular formula is C25H29N3O2. The molecule has 2 aromatic rings. The zero-order chi connectivity index (χ0) is 21.4. The van der Waals surface area contributed by atoms with Crippen molar-refractivity contribution in [3.8, 4) is 0 Å². The van der Waals surface area contributed by atoms with E-state index in [4.69, 9.17) is 0 Å². The molecule has 2 aliphatic heterocycles. The van der Waals surface area contributed by atoms with Crippen LogP contribution in [-0.4, -0.2) is 43.9 Å². The molecule has 30 heavy (non-hydrogen) atoms. The number of rotatable bonds is 4. The van der Waals surface area contributed by atoms with Gasteiger partial charge in [0.1, 0.15) is 5.70 Å². The number of imide groups is 1. The molecule has 0 saturated carbocycles. The van der Waals surface area contributed by atoms with Crippen LogP contribution in [0, 0.1) is 12.8 Å². The van der Waals surface area contributed by atoms with Crippen molar-refractivity contribution in [3.05, 3.63) is 65.4 Å². The van der Waals surface area contributed by atoms with Crippen molar-refractivity contribution in [1.82, 2.24) is 4.90 Å². The summed E-state index contributed by atoms with van der Waals surface area (Å²) in [5.41, 5.74) is 4.56. The molecule has 2 aliphatic rings. The number of benzene rings is 2.